The van der Waals surface area contributed by atoms with Gasteiger partial charge >= 0.3 is 0 Å². The Morgan fingerprint density at radius 1 is 1.13 bits per heavy atom. The van der Waals surface area contributed by atoms with Gasteiger partial charge < -0.3 is 25.9 Å². The standard InChI is InChI=1S/C28H24FN5O4.ClH/c1-2-18(31)13-26(36)32-19-6-3-5-16(11-19)21-14-23(20-9-8-17(29)12-24(20)35)33-27(22(21)15-30)34-28(37)25-7-4-10-38-25;/h3-12,14,18,35H,2,13,31H2,1H3,(H,32,36)(H,33,34,37);1H. The summed E-state index contributed by atoms with van der Waals surface area (Å²) in [5.74, 6) is -1.99. The van der Waals surface area contributed by atoms with Crippen LogP contribution in [0.2, 0.25) is 0 Å². The van der Waals surface area contributed by atoms with E-state index in [1.165, 1.54) is 18.4 Å². The molecule has 2 aromatic carbocycles. The summed E-state index contributed by atoms with van der Waals surface area (Å²) in [6.07, 6.45) is 2.14. The first kappa shape index (κ1) is 28.8. The van der Waals surface area contributed by atoms with Gasteiger partial charge in [-0.3, -0.25) is 9.59 Å². The molecule has 2 heterocycles. The molecule has 1 atom stereocenters. The van der Waals surface area contributed by atoms with E-state index in [1.807, 2.05) is 6.92 Å². The Kier molecular flexibility index (Phi) is 9.38. The summed E-state index contributed by atoms with van der Waals surface area (Å²) in [7, 11) is 0. The number of aromatic hydroxyl groups is 1. The van der Waals surface area contributed by atoms with Gasteiger partial charge in [0.25, 0.3) is 5.91 Å². The van der Waals surface area contributed by atoms with Crippen LogP contribution in [0.1, 0.15) is 35.9 Å². The fraction of sp³-hybridized carbons (Fsp3) is 0.143. The molecule has 4 rings (SSSR count). The van der Waals surface area contributed by atoms with E-state index in [-0.39, 0.29) is 64.9 Å². The third kappa shape index (κ3) is 6.78. The number of pyridine rings is 1. The summed E-state index contributed by atoms with van der Waals surface area (Å²) in [4.78, 5) is 29.5. The van der Waals surface area contributed by atoms with Gasteiger partial charge in [0.05, 0.1) is 12.0 Å². The van der Waals surface area contributed by atoms with Crippen LogP contribution in [0.15, 0.2) is 71.3 Å². The van der Waals surface area contributed by atoms with Gasteiger partial charge in [0.15, 0.2) is 11.6 Å². The minimum absolute atomic E-state index is 0. The van der Waals surface area contributed by atoms with Crippen molar-refractivity contribution in [2.45, 2.75) is 25.8 Å². The van der Waals surface area contributed by atoms with E-state index >= 15 is 0 Å². The number of hydrogen-bond acceptors (Lipinski definition) is 7. The van der Waals surface area contributed by atoms with Gasteiger partial charge in [0.1, 0.15) is 23.2 Å². The van der Waals surface area contributed by atoms with E-state index in [9.17, 15) is 24.3 Å². The number of carbonyl (C=O) groups is 2. The number of phenols is 1. The molecule has 1 unspecified atom stereocenters. The Balaban J connectivity index is 0.00000420. The number of nitrogens with zero attached hydrogens (tertiary/aromatic N) is 2. The van der Waals surface area contributed by atoms with E-state index in [0.29, 0.717) is 23.2 Å². The van der Waals surface area contributed by atoms with Crippen molar-refractivity contribution >= 4 is 35.7 Å². The van der Waals surface area contributed by atoms with Crippen LogP contribution in [0.25, 0.3) is 22.4 Å². The number of rotatable bonds is 8. The summed E-state index contributed by atoms with van der Waals surface area (Å²) in [5, 5.41) is 25.8. The lowest BCUT2D eigenvalue weighted by molar-refractivity contribution is -0.116. The zero-order chi connectivity index (χ0) is 27.2. The fourth-order valence-corrected chi connectivity index (χ4v) is 3.77. The van der Waals surface area contributed by atoms with Crippen LogP contribution >= 0.6 is 12.4 Å². The van der Waals surface area contributed by atoms with Crippen LogP contribution < -0.4 is 16.4 Å². The first-order chi connectivity index (χ1) is 18.3. The number of anilines is 2. The van der Waals surface area contributed by atoms with Crippen molar-refractivity contribution in [1.29, 1.82) is 5.26 Å². The number of phenolic OH excluding ortho intramolecular Hbond substituents is 1. The highest BCUT2D eigenvalue weighted by Crippen LogP contribution is 2.36. The lowest BCUT2D eigenvalue weighted by Crippen LogP contribution is -2.26. The molecule has 0 spiro atoms. The number of amides is 2. The molecule has 11 heteroatoms. The predicted molar refractivity (Wildman–Crippen MR) is 147 cm³/mol. The highest BCUT2D eigenvalue weighted by Gasteiger charge is 2.20. The van der Waals surface area contributed by atoms with Gasteiger partial charge in [0.2, 0.25) is 5.91 Å². The van der Waals surface area contributed by atoms with Gasteiger partial charge in [-0.05, 0) is 54.4 Å². The molecule has 0 fully saturated rings. The van der Waals surface area contributed by atoms with E-state index in [0.717, 1.165) is 12.1 Å². The molecular weight excluding hydrogens is 525 g/mol. The molecule has 2 aromatic heterocycles. The number of nitrogens with two attached hydrogens (primary N) is 1. The number of nitriles is 1. The molecule has 9 nitrogen and oxygen atoms in total. The largest absolute Gasteiger partial charge is 0.507 e. The van der Waals surface area contributed by atoms with Crippen LogP contribution in [-0.4, -0.2) is 27.9 Å². The van der Waals surface area contributed by atoms with Gasteiger partial charge in [-0.15, -0.1) is 12.4 Å². The fourth-order valence-electron chi connectivity index (χ4n) is 3.77. The number of furan rings is 1. The molecule has 4 aromatic rings. The maximum atomic E-state index is 13.7. The molecular formula is C28H25ClFN5O4. The Bertz CT molecular complexity index is 1540. The highest BCUT2D eigenvalue weighted by atomic mass is 35.5. The second kappa shape index (κ2) is 12.7. The van der Waals surface area contributed by atoms with Crippen LogP contribution in [0.3, 0.4) is 0 Å². The molecule has 0 aliphatic heterocycles. The molecule has 200 valence electrons. The van der Waals surface area contributed by atoms with Gasteiger partial charge in [0, 0.05) is 35.3 Å². The molecule has 0 saturated heterocycles. The lowest BCUT2D eigenvalue weighted by atomic mass is 9.97. The third-order valence-corrected chi connectivity index (χ3v) is 5.77. The smallest absolute Gasteiger partial charge is 0.292 e. The lowest BCUT2D eigenvalue weighted by Gasteiger charge is -2.15. The number of benzene rings is 2. The van der Waals surface area contributed by atoms with Crippen molar-refractivity contribution in [3.05, 3.63) is 84.1 Å². The summed E-state index contributed by atoms with van der Waals surface area (Å²) in [6, 6.07) is 16.6. The zero-order valence-corrected chi connectivity index (χ0v) is 21.6. The minimum atomic E-state index is -0.641. The second-order valence-electron chi connectivity index (χ2n) is 8.48. The first-order valence-electron chi connectivity index (χ1n) is 11.7. The SMILES string of the molecule is CCC(N)CC(=O)Nc1cccc(-c2cc(-c3ccc(F)cc3O)nc(NC(=O)c3ccco3)c2C#N)c1.Cl. The molecule has 39 heavy (non-hydrogen) atoms. The van der Waals surface area contributed by atoms with E-state index in [2.05, 4.69) is 21.7 Å². The molecule has 2 amide bonds. The third-order valence-electron chi connectivity index (χ3n) is 5.77. The van der Waals surface area contributed by atoms with Crippen molar-refractivity contribution in [1.82, 2.24) is 4.98 Å². The van der Waals surface area contributed by atoms with Crippen molar-refractivity contribution in [2.75, 3.05) is 10.6 Å². The highest BCUT2D eigenvalue weighted by molar-refractivity contribution is 6.03. The predicted octanol–water partition coefficient (Wildman–Crippen LogP) is 5.46. The van der Waals surface area contributed by atoms with Crippen molar-refractivity contribution < 1.29 is 23.5 Å². The average Bonchev–Trinajstić information content (AvgIpc) is 3.43. The second-order valence-corrected chi connectivity index (χ2v) is 8.48. The molecule has 0 bridgehead atoms. The van der Waals surface area contributed by atoms with E-state index < -0.39 is 11.7 Å². The molecule has 0 radical (unpaired) electrons. The Hall–Kier alpha value is -4.72. The summed E-state index contributed by atoms with van der Waals surface area (Å²) in [6.45, 7) is 1.89. The average molecular weight is 550 g/mol. The number of halogens is 2. The quantitative estimate of drug-likeness (QED) is 0.227. The Morgan fingerprint density at radius 3 is 2.59 bits per heavy atom. The zero-order valence-electron chi connectivity index (χ0n) is 20.8. The Morgan fingerprint density at radius 2 is 1.92 bits per heavy atom. The maximum Gasteiger partial charge on any atom is 0.292 e. The monoisotopic (exact) mass is 549 g/mol. The van der Waals surface area contributed by atoms with Crippen LogP contribution in [0, 0.1) is 17.1 Å². The summed E-state index contributed by atoms with van der Waals surface area (Å²) >= 11 is 0. The van der Waals surface area contributed by atoms with Crippen LogP contribution in [0.5, 0.6) is 5.75 Å². The van der Waals surface area contributed by atoms with Crippen molar-refractivity contribution in [3.8, 4) is 34.2 Å². The van der Waals surface area contributed by atoms with Crippen LogP contribution in [-0.2, 0) is 4.79 Å². The number of nitrogens with one attached hydrogen (secondary N) is 2. The van der Waals surface area contributed by atoms with Crippen molar-refractivity contribution in [3.63, 3.8) is 0 Å². The van der Waals surface area contributed by atoms with E-state index in [4.69, 9.17) is 10.2 Å². The van der Waals surface area contributed by atoms with E-state index in [1.54, 1.807) is 36.4 Å². The summed E-state index contributed by atoms with van der Waals surface area (Å²) < 4.78 is 18.8. The van der Waals surface area contributed by atoms with Crippen molar-refractivity contribution in [2.24, 2.45) is 5.73 Å². The van der Waals surface area contributed by atoms with Crippen LogP contribution in [0.4, 0.5) is 15.9 Å². The first-order valence-corrected chi connectivity index (χ1v) is 11.7. The molecule has 0 aliphatic rings. The number of hydrogen-bond donors (Lipinski definition) is 4. The van der Waals surface area contributed by atoms with Gasteiger partial charge in [-0.2, -0.15) is 5.26 Å². The minimum Gasteiger partial charge on any atom is -0.507 e. The van der Waals surface area contributed by atoms with Gasteiger partial charge in [-0.25, -0.2) is 9.37 Å². The molecule has 0 aliphatic carbocycles. The topological polar surface area (TPSA) is 154 Å². The molecule has 0 saturated carbocycles. The normalized spacial score (nSPS) is 11.1. The maximum absolute atomic E-state index is 13.7. The number of carbonyl (C=O) groups excluding carboxylic acids is 2. The molecule has 5 N–H and O–H groups in total. The summed E-state index contributed by atoms with van der Waals surface area (Å²) in [5.41, 5.74) is 7.64. The number of aromatic nitrogens is 1. The van der Waals surface area contributed by atoms with Gasteiger partial charge in [-0.1, -0.05) is 19.1 Å². The Labute approximate surface area is 229 Å².